The van der Waals surface area contributed by atoms with Crippen LogP contribution in [0.5, 0.6) is 0 Å². The summed E-state index contributed by atoms with van der Waals surface area (Å²) in [5.74, 6) is 1.38. The molecule has 0 radical (unpaired) electrons. The van der Waals surface area contributed by atoms with Gasteiger partial charge in [0.2, 0.25) is 0 Å². The van der Waals surface area contributed by atoms with Crippen LogP contribution >= 0.6 is 22.7 Å². The maximum atomic E-state index is 5.38. The number of hydrogen-bond acceptors (Lipinski definition) is 8. The summed E-state index contributed by atoms with van der Waals surface area (Å²) in [6, 6.07) is 141. The standard InChI is InChI=1S/C55H35N3S.C49H31N3S/c1-4-12-36(13-5-1)39-20-24-41(25-21-39)49-35-50(58-55(57-49)44-30-22-40(23-31-44)37-14-6-2-7-15-37)42-26-28-43(29-27-42)53-52-46-18-10-11-19-51(46)59-54(52)47-34-45(32-33-48(47)56-53)38-16-8-3-9-17-38;1-4-12-32(13-5-1)34-20-26-38(27-21-34)49-51-43(35-16-8-3-9-17-35)31-44(52-49)36-22-24-37(25-23-36)47-46-40-18-10-11-19-45(40)53-48(46)41-30-39(28-29-42(41)50-47)33-14-6-2-7-15-33/h1-35H;1-31H. The molecule has 0 fully saturated rings. The van der Waals surface area contributed by atoms with Gasteiger partial charge in [-0.15, -0.1) is 22.7 Å². The molecule has 0 aliphatic carbocycles. The molecule has 21 rings (SSSR count). The van der Waals surface area contributed by atoms with E-state index < -0.39 is 0 Å². The summed E-state index contributed by atoms with van der Waals surface area (Å²) < 4.78 is 5.04. The van der Waals surface area contributed by atoms with Crippen LogP contribution in [0.2, 0.25) is 0 Å². The monoisotopic (exact) mass is 1460 g/mol. The molecule has 0 N–H and O–H groups in total. The van der Waals surface area contributed by atoms with E-state index in [-0.39, 0.29) is 0 Å². The average molecular weight is 1460 g/mol. The Morgan fingerprint density at radius 1 is 0.161 bits per heavy atom. The third-order valence-electron chi connectivity index (χ3n) is 21.0. The topological polar surface area (TPSA) is 77.3 Å². The fourth-order valence-corrected chi connectivity index (χ4v) is 17.7. The van der Waals surface area contributed by atoms with Crippen LogP contribution in [-0.4, -0.2) is 29.9 Å². The number of nitrogens with zero attached hydrogens (tertiary/aromatic N) is 6. The molecule has 0 amide bonds. The van der Waals surface area contributed by atoms with Gasteiger partial charge in [0.25, 0.3) is 0 Å². The first-order valence-electron chi connectivity index (χ1n) is 37.6. The third-order valence-corrected chi connectivity index (χ3v) is 23.5. The Morgan fingerprint density at radius 2 is 0.393 bits per heavy atom. The summed E-state index contributed by atoms with van der Waals surface area (Å²) in [6.45, 7) is 0. The lowest BCUT2D eigenvalue weighted by Gasteiger charge is -2.12. The molecule has 6 aromatic heterocycles. The Balaban J connectivity index is 0.000000147. The number of pyridine rings is 2. The number of benzene rings is 15. The molecule has 0 saturated heterocycles. The predicted molar refractivity (Wildman–Crippen MR) is 471 cm³/mol. The number of aromatic nitrogens is 6. The van der Waals surface area contributed by atoms with E-state index in [1.807, 2.05) is 59.1 Å². The molecule has 0 saturated carbocycles. The fraction of sp³-hybridized carbons (Fsp3) is 0. The van der Waals surface area contributed by atoms with Crippen LogP contribution in [0.15, 0.2) is 400 Å². The van der Waals surface area contributed by atoms with Crippen molar-refractivity contribution in [3.8, 4) is 146 Å². The average Bonchev–Trinajstić information content (AvgIpc) is 1.56. The zero-order chi connectivity index (χ0) is 74.3. The quantitative estimate of drug-likeness (QED) is 0.114. The summed E-state index contributed by atoms with van der Waals surface area (Å²) >= 11 is 3.69. The molecule has 8 heteroatoms. The minimum absolute atomic E-state index is 0.686. The van der Waals surface area contributed by atoms with Gasteiger partial charge in [-0.3, -0.25) is 0 Å². The van der Waals surface area contributed by atoms with Crippen LogP contribution < -0.4 is 0 Å². The van der Waals surface area contributed by atoms with E-state index in [0.29, 0.717) is 11.6 Å². The highest BCUT2D eigenvalue weighted by atomic mass is 32.1. The van der Waals surface area contributed by atoms with Gasteiger partial charge >= 0.3 is 0 Å². The summed E-state index contributed by atoms with van der Waals surface area (Å²) in [5, 5.41) is 7.22. The smallest absolute Gasteiger partial charge is 0.160 e. The van der Waals surface area contributed by atoms with Gasteiger partial charge in [0.05, 0.1) is 45.2 Å². The van der Waals surface area contributed by atoms with Crippen molar-refractivity contribution >= 4 is 84.8 Å². The van der Waals surface area contributed by atoms with Gasteiger partial charge in [0.1, 0.15) is 0 Å². The Bertz CT molecular complexity index is 6920. The molecule has 0 unspecified atom stereocenters. The van der Waals surface area contributed by atoms with Crippen LogP contribution in [0, 0.1) is 0 Å². The lowest BCUT2D eigenvalue weighted by Crippen LogP contribution is -1.96. The van der Waals surface area contributed by atoms with Crippen LogP contribution in [-0.2, 0) is 0 Å². The molecular weight excluding hydrogens is 1400 g/mol. The molecule has 0 aliphatic heterocycles. The lowest BCUT2D eigenvalue weighted by atomic mass is 9.98. The molecule has 0 aliphatic rings. The Labute approximate surface area is 656 Å². The molecular formula is C104H66N6S2. The lowest BCUT2D eigenvalue weighted by molar-refractivity contribution is 1.18. The highest BCUT2D eigenvalue weighted by molar-refractivity contribution is 7.27. The molecule has 6 nitrogen and oxygen atoms in total. The van der Waals surface area contributed by atoms with Crippen molar-refractivity contribution in [3.63, 3.8) is 0 Å². The van der Waals surface area contributed by atoms with Crippen molar-refractivity contribution in [1.29, 1.82) is 0 Å². The number of rotatable bonds is 13. The summed E-state index contributed by atoms with van der Waals surface area (Å²) in [7, 11) is 0. The largest absolute Gasteiger partial charge is 0.247 e. The zero-order valence-corrected chi connectivity index (χ0v) is 62.2. The molecule has 112 heavy (non-hydrogen) atoms. The van der Waals surface area contributed by atoms with Crippen LogP contribution in [0.3, 0.4) is 0 Å². The summed E-state index contributed by atoms with van der Waals surface area (Å²) in [5.41, 5.74) is 27.5. The summed E-state index contributed by atoms with van der Waals surface area (Å²) in [4.78, 5) is 31.3. The first kappa shape index (κ1) is 67.1. The van der Waals surface area contributed by atoms with Crippen molar-refractivity contribution < 1.29 is 0 Å². The molecule has 0 bridgehead atoms. The number of hydrogen-bond donors (Lipinski definition) is 0. The van der Waals surface area contributed by atoms with E-state index in [2.05, 4.69) is 364 Å². The maximum absolute atomic E-state index is 5.38. The first-order valence-corrected chi connectivity index (χ1v) is 39.2. The highest BCUT2D eigenvalue weighted by Crippen LogP contribution is 2.47. The van der Waals surface area contributed by atoms with Crippen molar-refractivity contribution in [1.82, 2.24) is 29.9 Å². The molecule has 21 aromatic rings. The summed E-state index contributed by atoms with van der Waals surface area (Å²) in [6.07, 6.45) is 0. The normalized spacial score (nSPS) is 11.4. The predicted octanol–water partition coefficient (Wildman–Crippen LogP) is 28.5. The van der Waals surface area contributed by atoms with Gasteiger partial charge in [-0.05, 0) is 104 Å². The second-order valence-corrected chi connectivity index (χ2v) is 30.1. The van der Waals surface area contributed by atoms with E-state index in [4.69, 9.17) is 29.9 Å². The molecule has 0 spiro atoms. The highest BCUT2D eigenvalue weighted by Gasteiger charge is 2.22. The Hall–Kier alpha value is -14.3. The minimum Gasteiger partial charge on any atom is -0.247 e. The zero-order valence-electron chi connectivity index (χ0n) is 60.6. The van der Waals surface area contributed by atoms with Gasteiger partial charge in [-0.1, -0.05) is 352 Å². The van der Waals surface area contributed by atoms with E-state index >= 15 is 0 Å². The Morgan fingerprint density at radius 3 is 0.714 bits per heavy atom. The molecule has 15 aromatic carbocycles. The minimum atomic E-state index is 0.686. The van der Waals surface area contributed by atoms with Crippen LogP contribution in [0.1, 0.15) is 0 Å². The van der Waals surface area contributed by atoms with Crippen molar-refractivity contribution in [2.75, 3.05) is 0 Å². The van der Waals surface area contributed by atoms with E-state index in [1.165, 1.54) is 95.6 Å². The maximum Gasteiger partial charge on any atom is 0.160 e. The first-order chi connectivity index (χ1) is 55.5. The number of thiophene rings is 2. The van der Waals surface area contributed by atoms with Crippen molar-refractivity contribution in [3.05, 3.63) is 400 Å². The van der Waals surface area contributed by atoms with Gasteiger partial charge in [0, 0.05) is 95.6 Å². The van der Waals surface area contributed by atoms with Crippen LogP contribution in [0.25, 0.3) is 208 Å². The van der Waals surface area contributed by atoms with Crippen molar-refractivity contribution in [2.45, 2.75) is 0 Å². The molecule has 6 heterocycles. The van der Waals surface area contributed by atoms with Gasteiger partial charge < -0.3 is 0 Å². The van der Waals surface area contributed by atoms with E-state index in [9.17, 15) is 0 Å². The Kier molecular flexibility index (Phi) is 17.6. The van der Waals surface area contributed by atoms with Gasteiger partial charge in [0.15, 0.2) is 11.6 Å². The molecule has 524 valence electrons. The fourth-order valence-electron chi connectivity index (χ4n) is 15.3. The third kappa shape index (κ3) is 13.1. The van der Waals surface area contributed by atoms with Gasteiger partial charge in [-0.25, -0.2) is 29.9 Å². The SMILES string of the molecule is c1ccc(-c2ccc(-c3cc(-c4ccc(-c5nc6ccc(-c7ccccc7)cc6c6sc7ccccc7c56)cc4)nc(-c4ccc(-c5ccccc5)cc4)n3)cc2)cc1.c1ccc(-c2ccc(-c3nc(-c4ccccc4)cc(-c4ccc(-c5nc6ccc(-c7ccccc7)cc6c6sc7ccccc7c56)cc4)n3)cc2)cc1. The second kappa shape index (κ2) is 29.4. The van der Waals surface area contributed by atoms with Crippen molar-refractivity contribution in [2.24, 2.45) is 0 Å². The number of fused-ring (bicyclic) bond motifs is 10. The van der Waals surface area contributed by atoms with Gasteiger partial charge in [-0.2, -0.15) is 0 Å². The van der Waals surface area contributed by atoms with E-state index in [0.717, 1.165) is 101 Å². The van der Waals surface area contributed by atoms with Crippen LogP contribution in [0.4, 0.5) is 0 Å². The van der Waals surface area contributed by atoms with E-state index in [1.54, 1.807) is 0 Å². The molecule has 0 atom stereocenters. The second-order valence-electron chi connectivity index (χ2n) is 28.0.